The van der Waals surface area contributed by atoms with E-state index in [0.717, 1.165) is 12.8 Å². The highest BCUT2D eigenvalue weighted by Gasteiger charge is 2.23. The van der Waals surface area contributed by atoms with Crippen molar-refractivity contribution in [3.05, 3.63) is 63.1 Å². The molecule has 0 unspecified atom stereocenters. The van der Waals surface area contributed by atoms with Crippen LogP contribution in [0.25, 0.3) is 0 Å². The number of amides is 1. The lowest BCUT2D eigenvalue weighted by Gasteiger charge is -2.13. The Morgan fingerprint density at radius 3 is 2.33 bits per heavy atom. The predicted molar refractivity (Wildman–Crippen MR) is 86.0 cm³/mol. The minimum atomic E-state index is -0.182. The van der Waals surface area contributed by atoms with Gasteiger partial charge in [0.15, 0.2) is 0 Å². The van der Waals surface area contributed by atoms with Gasteiger partial charge in [0.25, 0.3) is 5.91 Å². The number of hydrogen-bond donors (Lipinski definition) is 2. The van der Waals surface area contributed by atoms with Crippen molar-refractivity contribution in [2.45, 2.75) is 18.9 Å². The molecule has 1 aliphatic rings. The zero-order valence-corrected chi connectivity index (χ0v) is 12.7. The van der Waals surface area contributed by atoms with E-state index in [9.17, 15) is 4.79 Å². The van der Waals surface area contributed by atoms with Gasteiger partial charge in [-0.2, -0.15) is 0 Å². The summed E-state index contributed by atoms with van der Waals surface area (Å²) in [7, 11) is 0. The number of nitrogens with two attached hydrogens (primary N) is 1. The van der Waals surface area contributed by atoms with Crippen LogP contribution in [0.3, 0.4) is 0 Å². The van der Waals surface area contributed by atoms with Crippen LogP contribution < -0.4 is 11.1 Å². The topological polar surface area (TPSA) is 55.1 Å². The van der Waals surface area contributed by atoms with E-state index in [1.165, 1.54) is 17.2 Å². The van der Waals surface area contributed by atoms with Crippen molar-refractivity contribution in [1.29, 1.82) is 0 Å². The Morgan fingerprint density at radius 1 is 1.14 bits per heavy atom. The van der Waals surface area contributed by atoms with Gasteiger partial charge in [-0.3, -0.25) is 4.79 Å². The molecule has 0 fully saturated rings. The number of rotatable bonds is 2. The van der Waals surface area contributed by atoms with E-state index in [-0.39, 0.29) is 22.0 Å². The van der Waals surface area contributed by atoms with Crippen molar-refractivity contribution in [1.82, 2.24) is 5.32 Å². The van der Waals surface area contributed by atoms with Gasteiger partial charge in [0.1, 0.15) is 0 Å². The quantitative estimate of drug-likeness (QED) is 0.832. The van der Waals surface area contributed by atoms with E-state index >= 15 is 0 Å². The van der Waals surface area contributed by atoms with Crippen LogP contribution in [0.15, 0.2) is 36.4 Å². The van der Waals surface area contributed by atoms with Crippen LogP contribution in [-0.4, -0.2) is 11.9 Å². The van der Waals surface area contributed by atoms with Gasteiger partial charge in [-0.1, -0.05) is 47.5 Å². The van der Waals surface area contributed by atoms with Gasteiger partial charge in [0.05, 0.1) is 15.7 Å². The molecule has 2 aromatic rings. The fraction of sp³-hybridized carbons (Fsp3) is 0.188. The Morgan fingerprint density at radius 2 is 1.76 bits per heavy atom. The van der Waals surface area contributed by atoms with Gasteiger partial charge in [0.2, 0.25) is 0 Å². The maximum atomic E-state index is 12.3. The third kappa shape index (κ3) is 2.85. The highest BCUT2D eigenvalue weighted by atomic mass is 35.5. The summed E-state index contributed by atoms with van der Waals surface area (Å²) in [4.78, 5) is 12.3. The zero-order chi connectivity index (χ0) is 15.0. The first-order chi connectivity index (χ1) is 10.0. The Bertz CT molecular complexity index is 667. The van der Waals surface area contributed by atoms with Crippen molar-refractivity contribution < 1.29 is 4.79 Å². The van der Waals surface area contributed by atoms with Crippen molar-refractivity contribution >= 4 is 34.8 Å². The minimum Gasteiger partial charge on any atom is -0.397 e. The predicted octanol–water partition coefficient (Wildman–Crippen LogP) is 3.47. The lowest BCUT2D eigenvalue weighted by molar-refractivity contribution is 0.0938. The molecular weight excluding hydrogens is 307 g/mol. The van der Waals surface area contributed by atoms with Crippen LogP contribution in [0.4, 0.5) is 5.69 Å². The average Bonchev–Trinajstić information content (AvgIpc) is 2.86. The Hall–Kier alpha value is -1.71. The van der Waals surface area contributed by atoms with E-state index in [1.54, 1.807) is 6.07 Å². The van der Waals surface area contributed by atoms with Crippen LogP contribution >= 0.6 is 23.2 Å². The van der Waals surface area contributed by atoms with E-state index in [0.29, 0.717) is 11.3 Å². The summed E-state index contributed by atoms with van der Waals surface area (Å²) in [5.74, 6) is -0.182. The average molecular weight is 321 g/mol. The highest BCUT2D eigenvalue weighted by Crippen LogP contribution is 2.29. The largest absolute Gasteiger partial charge is 0.397 e. The number of hydrogen-bond acceptors (Lipinski definition) is 2. The van der Waals surface area contributed by atoms with Crippen molar-refractivity contribution in [3.63, 3.8) is 0 Å². The Kier molecular flexibility index (Phi) is 3.79. The first-order valence-corrected chi connectivity index (χ1v) is 7.42. The summed E-state index contributed by atoms with van der Waals surface area (Å²) in [5.41, 5.74) is 9.05. The van der Waals surface area contributed by atoms with Crippen molar-refractivity contribution in [2.24, 2.45) is 0 Å². The van der Waals surface area contributed by atoms with E-state index < -0.39 is 0 Å². The Labute approximate surface area is 133 Å². The number of halogens is 2. The lowest BCUT2D eigenvalue weighted by atomic mass is 10.1. The fourth-order valence-electron chi connectivity index (χ4n) is 2.67. The molecule has 21 heavy (non-hydrogen) atoms. The first-order valence-electron chi connectivity index (χ1n) is 6.67. The number of carbonyl (C=O) groups excluding carboxylic acids is 1. The third-order valence-electron chi connectivity index (χ3n) is 3.70. The number of nitrogens with one attached hydrogen (secondary N) is 1. The van der Waals surface area contributed by atoms with E-state index in [1.807, 2.05) is 12.1 Å². The minimum absolute atomic E-state index is 0.102. The monoisotopic (exact) mass is 320 g/mol. The number of nitrogen functional groups attached to an aromatic ring is 1. The molecule has 0 atom stereocenters. The summed E-state index contributed by atoms with van der Waals surface area (Å²) < 4.78 is 0. The molecule has 1 amide bonds. The molecule has 3 rings (SSSR count). The number of fused-ring (bicyclic) bond motifs is 1. The number of benzene rings is 2. The molecule has 0 bridgehead atoms. The second kappa shape index (κ2) is 5.58. The number of carbonyl (C=O) groups is 1. The zero-order valence-electron chi connectivity index (χ0n) is 11.2. The maximum Gasteiger partial charge on any atom is 0.251 e. The van der Waals surface area contributed by atoms with Gasteiger partial charge in [-0.25, -0.2) is 0 Å². The molecule has 0 saturated heterocycles. The standard InChI is InChI=1S/C16H14Cl2N2O/c17-13-7-11(8-14(19)15(13)18)16(21)20-12-5-9-3-1-2-4-10(9)6-12/h1-4,7-8,12H,5-6,19H2,(H,20,21). The SMILES string of the molecule is Nc1cc(C(=O)NC2Cc3ccccc3C2)cc(Cl)c1Cl. The summed E-state index contributed by atoms with van der Waals surface area (Å²) in [5, 5.41) is 3.59. The molecule has 0 saturated carbocycles. The summed E-state index contributed by atoms with van der Waals surface area (Å²) in [6, 6.07) is 11.4. The fourth-order valence-corrected chi connectivity index (χ4v) is 3.01. The molecule has 3 N–H and O–H groups in total. The maximum absolute atomic E-state index is 12.3. The first kappa shape index (κ1) is 14.2. The molecule has 1 aliphatic carbocycles. The molecule has 108 valence electrons. The second-order valence-corrected chi connectivity index (χ2v) is 5.99. The van der Waals surface area contributed by atoms with Gasteiger partial charge in [-0.15, -0.1) is 0 Å². The summed E-state index contributed by atoms with van der Waals surface area (Å²) in [6.45, 7) is 0. The highest BCUT2D eigenvalue weighted by molar-refractivity contribution is 6.43. The molecule has 5 heteroatoms. The molecule has 0 heterocycles. The molecule has 0 aromatic heterocycles. The van der Waals surface area contributed by atoms with Gasteiger partial charge < -0.3 is 11.1 Å². The van der Waals surface area contributed by atoms with Gasteiger partial charge in [0, 0.05) is 11.6 Å². The third-order valence-corrected chi connectivity index (χ3v) is 4.52. The van der Waals surface area contributed by atoms with Crippen LogP contribution in [0.2, 0.25) is 10.0 Å². The van der Waals surface area contributed by atoms with Crippen molar-refractivity contribution in [2.75, 3.05) is 5.73 Å². The Balaban J connectivity index is 1.74. The van der Waals surface area contributed by atoms with E-state index in [2.05, 4.69) is 17.4 Å². The molecule has 0 aliphatic heterocycles. The molecule has 0 spiro atoms. The van der Waals surface area contributed by atoms with Crippen LogP contribution in [0.5, 0.6) is 0 Å². The van der Waals surface area contributed by atoms with Gasteiger partial charge in [-0.05, 0) is 36.1 Å². The second-order valence-electron chi connectivity index (χ2n) is 5.21. The van der Waals surface area contributed by atoms with Crippen LogP contribution in [0.1, 0.15) is 21.5 Å². The van der Waals surface area contributed by atoms with Crippen molar-refractivity contribution in [3.8, 4) is 0 Å². The summed E-state index contributed by atoms with van der Waals surface area (Å²) >= 11 is 11.9. The van der Waals surface area contributed by atoms with Crippen LogP contribution in [0, 0.1) is 0 Å². The normalized spacial score (nSPS) is 14.0. The molecular formula is C16H14Cl2N2O. The smallest absolute Gasteiger partial charge is 0.251 e. The summed E-state index contributed by atoms with van der Waals surface area (Å²) in [6.07, 6.45) is 1.69. The molecule has 2 aromatic carbocycles. The lowest BCUT2D eigenvalue weighted by Crippen LogP contribution is -2.35. The molecule has 3 nitrogen and oxygen atoms in total. The molecule has 0 radical (unpaired) electrons. The van der Waals surface area contributed by atoms with Crippen LogP contribution in [-0.2, 0) is 12.8 Å². The van der Waals surface area contributed by atoms with Gasteiger partial charge >= 0.3 is 0 Å². The van der Waals surface area contributed by atoms with E-state index in [4.69, 9.17) is 28.9 Å². The number of anilines is 1.